The lowest BCUT2D eigenvalue weighted by molar-refractivity contribution is 0.0388. The number of fused-ring (bicyclic) bond motifs is 1. The van der Waals surface area contributed by atoms with E-state index in [1.807, 2.05) is 36.1 Å². The molecule has 6 heteroatoms. The van der Waals surface area contributed by atoms with Crippen molar-refractivity contribution in [3.05, 3.63) is 48.2 Å². The van der Waals surface area contributed by atoms with Crippen molar-refractivity contribution in [3.8, 4) is 11.1 Å². The SMILES string of the molecule is COC1CCN(Cc2cnc3c(-c4ccnc(C)c4)cnn3c2)CC1. The molecule has 1 saturated heterocycles. The lowest BCUT2D eigenvalue weighted by Crippen LogP contribution is -2.36. The van der Waals surface area contributed by atoms with Gasteiger partial charge in [-0.3, -0.25) is 9.88 Å². The molecule has 1 aliphatic heterocycles. The fourth-order valence-corrected chi connectivity index (χ4v) is 3.47. The Labute approximate surface area is 147 Å². The van der Waals surface area contributed by atoms with Gasteiger partial charge in [-0.15, -0.1) is 0 Å². The zero-order valence-corrected chi connectivity index (χ0v) is 14.7. The molecular weight excluding hydrogens is 314 g/mol. The van der Waals surface area contributed by atoms with Gasteiger partial charge in [-0.1, -0.05) is 0 Å². The number of piperidine rings is 1. The Morgan fingerprint density at radius 2 is 2.04 bits per heavy atom. The number of nitrogens with zero attached hydrogens (tertiary/aromatic N) is 5. The number of aromatic nitrogens is 4. The molecule has 25 heavy (non-hydrogen) atoms. The van der Waals surface area contributed by atoms with Crippen LogP contribution in [0.15, 0.2) is 36.9 Å². The Morgan fingerprint density at radius 1 is 1.20 bits per heavy atom. The van der Waals surface area contributed by atoms with E-state index in [1.165, 1.54) is 5.56 Å². The molecule has 0 N–H and O–H groups in total. The summed E-state index contributed by atoms with van der Waals surface area (Å²) in [4.78, 5) is 11.4. The van der Waals surface area contributed by atoms with Gasteiger partial charge in [0.25, 0.3) is 0 Å². The van der Waals surface area contributed by atoms with Crippen LogP contribution in [-0.4, -0.2) is 50.8 Å². The number of pyridine rings is 1. The van der Waals surface area contributed by atoms with Crippen LogP contribution < -0.4 is 0 Å². The Balaban J connectivity index is 1.54. The molecule has 0 aliphatic carbocycles. The van der Waals surface area contributed by atoms with Gasteiger partial charge in [0.05, 0.1) is 12.3 Å². The molecule has 0 atom stereocenters. The maximum atomic E-state index is 5.44. The van der Waals surface area contributed by atoms with Crippen molar-refractivity contribution in [1.29, 1.82) is 0 Å². The summed E-state index contributed by atoms with van der Waals surface area (Å²) in [6.07, 6.45) is 10.4. The maximum Gasteiger partial charge on any atom is 0.162 e. The van der Waals surface area contributed by atoms with Crippen molar-refractivity contribution >= 4 is 5.65 Å². The van der Waals surface area contributed by atoms with Gasteiger partial charge in [0.2, 0.25) is 0 Å². The van der Waals surface area contributed by atoms with E-state index in [0.29, 0.717) is 6.10 Å². The second-order valence-corrected chi connectivity index (χ2v) is 6.69. The Hall–Kier alpha value is -2.31. The van der Waals surface area contributed by atoms with E-state index < -0.39 is 0 Å². The lowest BCUT2D eigenvalue weighted by atomic mass is 10.1. The minimum Gasteiger partial charge on any atom is -0.381 e. The molecule has 0 saturated carbocycles. The molecule has 0 spiro atoms. The minimum absolute atomic E-state index is 0.411. The highest BCUT2D eigenvalue weighted by Gasteiger charge is 2.19. The summed E-state index contributed by atoms with van der Waals surface area (Å²) < 4.78 is 7.32. The molecule has 0 aromatic carbocycles. The molecule has 0 bridgehead atoms. The molecule has 6 nitrogen and oxygen atoms in total. The van der Waals surface area contributed by atoms with Gasteiger partial charge in [0.15, 0.2) is 5.65 Å². The second-order valence-electron chi connectivity index (χ2n) is 6.69. The third-order valence-corrected chi connectivity index (χ3v) is 4.89. The zero-order chi connectivity index (χ0) is 17.2. The third-order valence-electron chi connectivity index (χ3n) is 4.89. The first kappa shape index (κ1) is 16.2. The fraction of sp³-hybridized carbons (Fsp3) is 0.421. The molecule has 1 fully saturated rings. The number of aryl methyl sites for hydroxylation is 1. The molecule has 4 rings (SSSR count). The molecular formula is C19H23N5O. The third kappa shape index (κ3) is 3.41. The maximum absolute atomic E-state index is 5.44. The van der Waals surface area contributed by atoms with Crippen LogP contribution in [0.5, 0.6) is 0 Å². The van der Waals surface area contributed by atoms with Crippen molar-refractivity contribution < 1.29 is 4.74 Å². The van der Waals surface area contributed by atoms with Gasteiger partial charge < -0.3 is 4.74 Å². The van der Waals surface area contributed by atoms with Gasteiger partial charge in [-0.25, -0.2) is 9.50 Å². The minimum atomic E-state index is 0.411. The Kier molecular flexibility index (Phi) is 4.46. The monoisotopic (exact) mass is 337 g/mol. The lowest BCUT2D eigenvalue weighted by Gasteiger charge is -2.30. The molecule has 130 valence electrons. The smallest absolute Gasteiger partial charge is 0.162 e. The first-order valence-corrected chi connectivity index (χ1v) is 8.73. The summed E-state index contributed by atoms with van der Waals surface area (Å²) in [7, 11) is 1.80. The first-order chi connectivity index (χ1) is 12.2. The zero-order valence-electron chi connectivity index (χ0n) is 14.7. The van der Waals surface area contributed by atoms with E-state index in [2.05, 4.69) is 32.2 Å². The molecule has 3 aromatic heterocycles. The largest absolute Gasteiger partial charge is 0.381 e. The summed E-state index contributed by atoms with van der Waals surface area (Å²) in [5, 5.41) is 4.50. The summed E-state index contributed by atoms with van der Waals surface area (Å²) in [5.41, 5.74) is 5.20. The fourth-order valence-electron chi connectivity index (χ4n) is 3.47. The van der Waals surface area contributed by atoms with Crippen LogP contribution in [0.1, 0.15) is 24.1 Å². The van der Waals surface area contributed by atoms with Crippen LogP contribution >= 0.6 is 0 Å². The highest BCUT2D eigenvalue weighted by atomic mass is 16.5. The van der Waals surface area contributed by atoms with E-state index in [1.54, 1.807) is 7.11 Å². The van der Waals surface area contributed by atoms with E-state index in [0.717, 1.165) is 54.9 Å². The highest BCUT2D eigenvalue weighted by Crippen LogP contribution is 2.24. The molecule has 0 amide bonds. The second kappa shape index (κ2) is 6.90. The quantitative estimate of drug-likeness (QED) is 0.733. The van der Waals surface area contributed by atoms with Crippen LogP contribution in [0.2, 0.25) is 0 Å². The number of likely N-dealkylation sites (tertiary alicyclic amines) is 1. The molecule has 3 aromatic rings. The number of hydrogen-bond donors (Lipinski definition) is 0. The van der Waals surface area contributed by atoms with Crippen molar-refractivity contribution in [2.45, 2.75) is 32.4 Å². The van der Waals surface area contributed by atoms with Crippen LogP contribution in [0.3, 0.4) is 0 Å². The first-order valence-electron chi connectivity index (χ1n) is 8.73. The van der Waals surface area contributed by atoms with Gasteiger partial charge in [-0.2, -0.15) is 5.10 Å². The normalized spacial score (nSPS) is 16.6. The van der Waals surface area contributed by atoms with E-state index >= 15 is 0 Å². The predicted molar refractivity (Wildman–Crippen MR) is 96.3 cm³/mol. The number of rotatable bonds is 4. The molecule has 0 unspecified atom stereocenters. The average Bonchev–Trinajstić information content (AvgIpc) is 3.05. The molecule has 0 radical (unpaired) electrons. The van der Waals surface area contributed by atoms with Crippen molar-refractivity contribution in [2.75, 3.05) is 20.2 Å². The van der Waals surface area contributed by atoms with Gasteiger partial charge in [0.1, 0.15) is 0 Å². The molecule has 4 heterocycles. The van der Waals surface area contributed by atoms with Crippen LogP contribution in [0.25, 0.3) is 16.8 Å². The van der Waals surface area contributed by atoms with E-state index in [-0.39, 0.29) is 0 Å². The van der Waals surface area contributed by atoms with Gasteiger partial charge in [-0.05, 0) is 37.5 Å². The topological polar surface area (TPSA) is 55.5 Å². The predicted octanol–water partition coefficient (Wildman–Crippen LogP) is 2.71. The van der Waals surface area contributed by atoms with Crippen LogP contribution in [0, 0.1) is 6.92 Å². The highest BCUT2D eigenvalue weighted by molar-refractivity contribution is 5.76. The average molecular weight is 337 g/mol. The number of methoxy groups -OCH3 is 1. The van der Waals surface area contributed by atoms with Gasteiger partial charge >= 0.3 is 0 Å². The van der Waals surface area contributed by atoms with Crippen molar-refractivity contribution in [2.24, 2.45) is 0 Å². The Bertz CT molecular complexity index is 867. The van der Waals surface area contributed by atoms with E-state index in [4.69, 9.17) is 4.74 Å². The van der Waals surface area contributed by atoms with Gasteiger partial charge in [0, 0.05) is 62.2 Å². The number of hydrogen-bond acceptors (Lipinski definition) is 5. The molecule has 1 aliphatic rings. The van der Waals surface area contributed by atoms with Crippen molar-refractivity contribution in [1.82, 2.24) is 24.5 Å². The summed E-state index contributed by atoms with van der Waals surface area (Å²) in [6.45, 7) is 5.03. The summed E-state index contributed by atoms with van der Waals surface area (Å²) in [6, 6.07) is 4.06. The number of ether oxygens (including phenoxy) is 1. The van der Waals surface area contributed by atoms with Crippen LogP contribution in [0.4, 0.5) is 0 Å². The standard InChI is InChI=1S/C19H23N5O/c1-14-9-16(3-6-20-14)18-11-22-24-13-15(10-21-19(18)24)12-23-7-4-17(25-2)5-8-23/h3,6,9-11,13,17H,4-5,7-8,12H2,1-2H3. The summed E-state index contributed by atoms with van der Waals surface area (Å²) >= 11 is 0. The van der Waals surface area contributed by atoms with E-state index in [9.17, 15) is 0 Å². The summed E-state index contributed by atoms with van der Waals surface area (Å²) in [5.74, 6) is 0. The van der Waals surface area contributed by atoms with Crippen LogP contribution in [-0.2, 0) is 11.3 Å². The Morgan fingerprint density at radius 3 is 2.80 bits per heavy atom. The van der Waals surface area contributed by atoms with Crippen molar-refractivity contribution in [3.63, 3.8) is 0 Å².